The maximum atomic E-state index is 12.5. The van der Waals surface area contributed by atoms with Crippen molar-refractivity contribution in [2.45, 2.75) is 26.7 Å². The van der Waals surface area contributed by atoms with Crippen molar-refractivity contribution in [3.05, 3.63) is 63.2 Å². The summed E-state index contributed by atoms with van der Waals surface area (Å²) in [6.07, 6.45) is 1.75. The van der Waals surface area contributed by atoms with Crippen molar-refractivity contribution in [2.24, 2.45) is 0 Å². The molecule has 0 bridgehead atoms. The fourth-order valence-electron chi connectivity index (χ4n) is 2.61. The molecule has 8 nitrogen and oxygen atoms in total. The molecule has 0 saturated carbocycles. The molecule has 0 aliphatic heterocycles. The number of hydrogen-bond donors (Lipinski definition) is 1. The second-order valence-electron chi connectivity index (χ2n) is 6.40. The number of amides is 1. The standard InChI is InChI=1S/C20H19N3O5S/c1-3-4-9-28-19(25)14-7-8-15-17(11-14)29-20(21-15)22-18(24)13-6-5-12(2)16(10-13)23(26)27/h5-8,10-11H,3-4,9H2,1-2H3,(H,21,22,24). The lowest BCUT2D eigenvalue weighted by Crippen LogP contribution is -2.12. The summed E-state index contributed by atoms with van der Waals surface area (Å²) in [4.78, 5) is 39.4. The Kier molecular flexibility index (Phi) is 6.18. The second-order valence-corrected chi connectivity index (χ2v) is 7.43. The number of aromatic nitrogens is 1. The summed E-state index contributed by atoms with van der Waals surface area (Å²) in [5.74, 6) is -0.891. The number of nitro groups is 1. The number of nitro benzene ring substituents is 1. The van der Waals surface area contributed by atoms with E-state index in [1.165, 1.54) is 29.5 Å². The molecule has 0 atom stereocenters. The first-order valence-electron chi connectivity index (χ1n) is 9.03. The van der Waals surface area contributed by atoms with E-state index in [0.717, 1.165) is 17.5 Å². The van der Waals surface area contributed by atoms with Gasteiger partial charge in [-0.05, 0) is 37.6 Å². The molecule has 0 aliphatic carbocycles. The Morgan fingerprint density at radius 1 is 1.21 bits per heavy atom. The van der Waals surface area contributed by atoms with Gasteiger partial charge in [-0.3, -0.25) is 20.2 Å². The van der Waals surface area contributed by atoms with Crippen molar-refractivity contribution in [1.29, 1.82) is 0 Å². The number of thiazole rings is 1. The maximum Gasteiger partial charge on any atom is 0.338 e. The van der Waals surface area contributed by atoms with Crippen LogP contribution in [0.15, 0.2) is 36.4 Å². The average molecular weight is 413 g/mol. The predicted molar refractivity (Wildman–Crippen MR) is 111 cm³/mol. The average Bonchev–Trinajstić information content (AvgIpc) is 3.09. The monoisotopic (exact) mass is 413 g/mol. The summed E-state index contributed by atoms with van der Waals surface area (Å²) in [5, 5.41) is 14.1. The van der Waals surface area contributed by atoms with Gasteiger partial charge in [0, 0.05) is 17.2 Å². The number of esters is 1. The Morgan fingerprint density at radius 3 is 2.69 bits per heavy atom. The number of fused-ring (bicyclic) bond motifs is 1. The van der Waals surface area contributed by atoms with Gasteiger partial charge >= 0.3 is 5.97 Å². The van der Waals surface area contributed by atoms with Crippen LogP contribution in [0.5, 0.6) is 0 Å². The molecule has 29 heavy (non-hydrogen) atoms. The molecule has 150 valence electrons. The van der Waals surface area contributed by atoms with E-state index in [4.69, 9.17) is 4.74 Å². The number of anilines is 1. The molecular formula is C20H19N3O5S. The third-order valence-electron chi connectivity index (χ3n) is 4.24. The first-order chi connectivity index (χ1) is 13.9. The van der Waals surface area contributed by atoms with Crippen LogP contribution in [0.25, 0.3) is 10.2 Å². The molecule has 0 aliphatic rings. The van der Waals surface area contributed by atoms with Crippen molar-refractivity contribution in [3.8, 4) is 0 Å². The number of carbonyl (C=O) groups excluding carboxylic acids is 2. The fraction of sp³-hybridized carbons (Fsp3) is 0.250. The fourth-order valence-corrected chi connectivity index (χ4v) is 3.51. The minimum atomic E-state index is -0.523. The van der Waals surface area contributed by atoms with Gasteiger partial charge in [-0.25, -0.2) is 9.78 Å². The number of ether oxygens (including phenoxy) is 1. The number of rotatable bonds is 7. The van der Waals surface area contributed by atoms with Crippen LogP contribution in [0.4, 0.5) is 10.8 Å². The predicted octanol–water partition coefficient (Wildman–Crippen LogP) is 4.72. The smallest absolute Gasteiger partial charge is 0.338 e. The molecule has 0 fully saturated rings. The lowest BCUT2D eigenvalue weighted by atomic mass is 10.1. The first-order valence-corrected chi connectivity index (χ1v) is 9.84. The van der Waals surface area contributed by atoms with E-state index in [9.17, 15) is 19.7 Å². The Balaban J connectivity index is 1.77. The molecule has 1 N–H and O–H groups in total. The quantitative estimate of drug-likeness (QED) is 0.260. The van der Waals surface area contributed by atoms with E-state index < -0.39 is 16.8 Å². The van der Waals surface area contributed by atoms with Gasteiger partial charge in [0.2, 0.25) is 0 Å². The molecule has 0 spiro atoms. The van der Waals surface area contributed by atoms with Crippen LogP contribution in [-0.2, 0) is 4.74 Å². The zero-order valence-electron chi connectivity index (χ0n) is 15.9. The summed E-state index contributed by atoms with van der Waals surface area (Å²) in [6.45, 7) is 4.00. The van der Waals surface area contributed by atoms with Crippen LogP contribution in [0.1, 0.15) is 46.0 Å². The Morgan fingerprint density at radius 2 is 1.97 bits per heavy atom. The van der Waals surface area contributed by atoms with Crippen molar-refractivity contribution in [1.82, 2.24) is 4.98 Å². The third kappa shape index (κ3) is 4.75. The van der Waals surface area contributed by atoms with E-state index in [0.29, 0.717) is 28.4 Å². The van der Waals surface area contributed by atoms with E-state index >= 15 is 0 Å². The van der Waals surface area contributed by atoms with Gasteiger partial charge in [0.05, 0.1) is 27.3 Å². The highest BCUT2D eigenvalue weighted by atomic mass is 32.1. The van der Waals surface area contributed by atoms with Crippen LogP contribution < -0.4 is 5.32 Å². The number of nitrogens with one attached hydrogen (secondary N) is 1. The normalized spacial score (nSPS) is 10.7. The van der Waals surface area contributed by atoms with E-state index in [1.807, 2.05) is 6.92 Å². The van der Waals surface area contributed by atoms with E-state index in [1.54, 1.807) is 25.1 Å². The Hall–Kier alpha value is -3.33. The first kappa shape index (κ1) is 20.4. The third-order valence-corrected chi connectivity index (χ3v) is 5.18. The largest absolute Gasteiger partial charge is 0.462 e. The molecule has 1 aromatic heterocycles. The molecule has 3 rings (SSSR count). The lowest BCUT2D eigenvalue weighted by molar-refractivity contribution is -0.385. The highest BCUT2D eigenvalue weighted by molar-refractivity contribution is 7.22. The van der Waals surface area contributed by atoms with Gasteiger partial charge in [0.15, 0.2) is 5.13 Å². The molecule has 0 unspecified atom stereocenters. The van der Waals surface area contributed by atoms with Crippen LogP contribution in [0.2, 0.25) is 0 Å². The van der Waals surface area contributed by atoms with Gasteiger partial charge < -0.3 is 4.74 Å². The second kappa shape index (κ2) is 8.78. The van der Waals surface area contributed by atoms with Crippen LogP contribution in [0.3, 0.4) is 0 Å². The molecule has 0 saturated heterocycles. The minimum Gasteiger partial charge on any atom is -0.462 e. The Bertz CT molecular complexity index is 1090. The van der Waals surface area contributed by atoms with Crippen LogP contribution in [-0.4, -0.2) is 28.4 Å². The highest BCUT2D eigenvalue weighted by Crippen LogP contribution is 2.28. The summed E-state index contributed by atoms with van der Waals surface area (Å²) in [5.41, 5.74) is 1.58. The van der Waals surface area contributed by atoms with Crippen molar-refractivity contribution < 1.29 is 19.2 Å². The summed E-state index contributed by atoms with van der Waals surface area (Å²) in [6, 6.07) is 9.28. The van der Waals surface area contributed by atoms with Crippen LogP contribution in [0, 0.1) is 17.0 Å². The van der Waals surface area contributed by atoms with Gasteiger partial charge in [-0.1, -0.05) is 30.7 Å². The topological polar surface area (TPSA) is 111 Å². The number of carbonyl (C=O) groups is 2. The summed E-state index contributed by atoms with van der Waals surface area (Å²) < 4.78 is 5.93. The molecule has 0 radical (unpaired) electrons. The number of nitrogens with zero attached hydrogens (tertiary/aromatic N) is 2. The summed E-state index contributed by atoms with van der Waals surface area (Å²) >= 11 is 1.21. The van der Waals surface area contributed by atoms with Crippen molar-refractivity contribution in [2.75, 3.05) is 11.9 Å². The number of aryl methyl sites for hydroxylation is 1. The molecule has 2 aromatic carbocycles. The SMILES string of the molecule is CCCCOC(=O)c1ccc2nc(NC(=O)c3ccc(C)c([N+](=O)[O-])c3)sc2c1. The van der Waals surface area contributed by atoms with Crippen molar-refractivity contribution in [3.63, 3.8) is 0 Å². The molecule has 9 heteroatoms. The van der Waals surface area contributed by atoms with Gasteiger partial charge in [-0.2, -0.15) is 0 Å². The van der Waals surface area contributed by atoms with Gasteiger partial charge in [0.25, 0.3) is 11.6 Å². The number of hydrogen-bond acceptors (Lipinski definition) is 7. The molecular weight excluding hydrogens is 394 g/mol. The molecule has 3 aromatic rings. The molecule has 1 amide bonds. The highest BCUT2D eigenvalue weighted by Gasteiger charge is 2.17. The number of unbranched alkanes of at least 4 members (excludes halogenated alkanes) is 1. The Labute approximate surface area is 170 Å². The lowest BCUT2D eigenvalue weighted by Gasteiger charge is -2.03. The molecule has 1 heterocycles. The van der Waals surface area contributed by atoms with Crippen LogP contribution >= 0.6 is 11.3 Å². The maximum absolute atomic E-state index is 12.5. The van der Waals surface area contributed by atoms with Gasteiger partial charge in [0.1, 0.15) is 0 Å². The van der Waals surface area contributed by atoms with E-state index in [-0.39, 0.29) is 11.3 Å². The van der Waals surface area contributed by atoms with Gasteiger partial charge in [-0.15, -0.1) is 0 Å². The summed E-state index contributed by atoms with van der Waals surface area (Å²) in [7, 11) is 0. The minimum absolute atomic E-state index is 0.117. The zero-order chi connectivity index (χ0) is 21.0. The van der Waals surface area contributed by atoms with E-state index in [2.05, 4.69) is 10.3 Å². The zero-order valence-corrected chi connectivity index (χ0v) is 16.7. The van der Waals surface area contributed by atoms with Crippen molar-refractivity contribution >= 4 is 44.2 Å². The number of benzene rings is 2.